The zero-order chi connectivity index (χ0) is 21.8. The molecule has 4 aliphatic rings. The van der Waals surface area contributed by atoms with Gasteiger partial charge in [0.15, 0.2) is 5.79 Å². The van der Waals surface area contributed by atoms with Crippen LogP contribution in [0.2, 0.25) is 19.6 Å². The quantitative estimate of drug-likeness (QED) is 0.349. The first kappa shape index (κ1) is 22.8. The molecule has 1 unspecified atom stereocenters. The lowest BCUT2D eigenvalue weighted by Crippen LogP contribution is -2.60. The van der Waals surface area contributed by atoms with Gasteiger partial charge in [-0.3, -0.25) is 0 Å². The van der Waals surface area contributed by atoms with E-state index in [1.807, 2.05) is 14.2 Å². The maximum atomic E-state index is 11.9. The Morgan fingerprint density at radius 2 is 1.57 bits per heavy atom. The minimum atomic E-state index is -1.50. The SMILES string of the molecule is COC1(OC)CC[C@H]2[C@H](CC[C@@H]3[C@@H]2CC[C@@]2(C)[C@H]3CCCC2(O)C#C[Si](C)(C)C)C1. The summed E-state index contributed by atoms with van der Waals surface area (Å²) in [7, 11) is 2.12. The number of methoxy groups -OCH3 is 2. The molecule has 7 atom stereocenters. The largest absolute Gasteiger partial charge is 0.377 e. The van der Waals surface area contributed by atoms with E-state index >= 15 is 0 Å². The zero-order valence-corrected chi connectivity index (χ0v) is 21.2. The van der Waals surface area contributed by atoms with Crippen LogP contribution in [0.25, 0.3) is 0 Å². The second-order valence-corrected chi connectivity index (χ2v) is 17.0. The highest BCUT2D eigenvalue weighted by molar-refractivity contribution is 6.83. The van der Waals surface area contributed by atoms with Gasteiger partial charge in [0.05, 0.1) is 0 Å². The van der Waals surface area contributed by atoms with E-state index in [9.17, 15) is 5.11 Å². The number of aliphatic hydroxyl groups is 1. The fourth-order valence-electron chi connectivity index (χ4n) is 8.01. The molecule has 4 saturated carbocycles. The molecule has 4 rings (SSSR count). The van der Waals surface area contributed by atoms with Gasteiger partial charge in [-0.05, 0) is 81.0 Å². The summed E-state index contributed by atoms with van der Waals surface area (Å²) in [6.07, 6.45) is 11.6. The fourth-order valence-corrected chi connectivity index (χ4v) is 8.59. The average Bonchev–Trinajstić information content (AvgIpc) is 2.72. The van der Waals surface area contributed by atoms with Gasteiger partial charge >= 0.3 is 0 Å². The highest BCUT2D eigenvalue weighted by atomic mass is 28.3. The van der Waals surface area contributed by atoms with Crippen LogP contribution in [0.15, 0.2) is 0 Å². The molecule has 4 heteroatoms. The third kappa shape index (κ3) is 3.72. The highest BCUT2D eigenvalue weighted by Crippen LogP contribution is 2.64. The standard InChI is InChI=1S/C26H44O3Si/c1-24-14-11-21-20-12-15-26(28-2,29-3)18-19(20)9-10-22(21)23(24)8-7-13-25(24,27)16-17-30(4,5)6/h19-23,27H,7-15,18H2,1-6H3/t19-,20+,21-,22-,23+,24+,25?/m1/s1. The predicted octanol–water partition coefficient (Wildman–Crippen LogP) is 5.63. The van der Waals surface area contributed by atoms with Gasteiger partial charge in [0.2, 0.25) is 0 Å². The summed E-state index contributed by atoms with van der Waals surface area (Å²) < 4.78 is 11.7. The van der Waals surface area contributed by atoms with Gasteiger partial charge in [-0.1, -0.05) is 32.5 Å². The molecule has 0 amide bonds. The lowest BCUT2D eigenvalue weighted by Gasteiger charge is -2.62. The first-order valence-electron chi connectivity index (χ1n) is 12.4. The number of fused-ring (bicyclic) bond motifs is 5. The van der Waals surface area contributed by atoms with E-state index < -0.39 is 13.7 Å². The molecule has 0 aromatic rings. The molecule has 0 bridgehead atoms. The summed E-state index contributed by atoms with van der Waals surface area (Å²) in [4.78, 5) is 0. The van der Waals surface area contributed by atoms with E-state index in [-0.39, 0.29) is 11.2 Å². The molecule has 30 heavy (non-hydrogen) atoms. The van der Waals surface area contributed by atoms with E-state index in [0.717, 1.165) is 55.8 Å². The van der Waals surface area contributed by atoms with Gasteiger partial charge in [0, 0.05) is 32.5 Å². The van der Waals surface area contributed by atoms with Crippen molar-refractivity contribution in [2.24, 2.45) is 35.0 Å². The van der Waals surface area contributed by atoms with Crippen LogP contribution < -0.4 is 0 Å². The van der Waals surface area contributed by atoms with Gasteiger partial charge in [-0.15, -0.1) is 5.54 Å². The Labute approximate surface area is 185 Å². The highest BCUT2D eigenvalue weighted by Gasteiger charge is 2.61. The van der Waals surface area contributed by atoms with Crippen LogP contribution in [0.4, 0.5) is 0 Å². The average molecular weight is 433 g/mol. The molecule has 0 aliphatic heterocycles. The normalized spacial score (nSPS) is 45.4. The van der Waals surface area contributed by atoms with Gasteiger partial charge in [-0.25, -0.2) is 0 Å². The Bertz CT molecular complexity index is 699. The second-order valence-electron chi connectivity index (χ2n) is 12.2. The van der Waals surface area contributed by atoms with Gasteiger partial charge < -0.3 is 14.6 Å². The number of rotatable bonds is 2. The summed E-state index contributed by atoms with van der Waals surface area (Å²) in [6.45, 7) is 9.24. The predicted molar refractivity (Wildman–Crippen MR) is 125 cm³/mol. The molecule has 0 aromatic carbocycles. The molecule has 4 aliphatic carbocycles. The fraction of sp³-hybridized carbons (Fsp3) is 0.923. The van der Waals surface area contributed by atoms with Crippen molar-refractivity contribution in [1.82, 2.24) is 0 Å². The van der Waals surface area contributed by atoms with E-state index in [1.165, 1.54) is 32.1 Å². The molecule has 0 spiro atoms. The van der Waals surface area contributed by atoms with Crippen molar-refractivity contribution in [3.8, 4) is 11.5 Å². The van der Waals surface area contributed by atoms with Crippen LogP contribution in [0.1, 0.15) is 71.1 Å². The Morgan fingerprint density at radius 3 is 2.23 bits per heavy atom. The molecule has 3 nitrogen and oxygen atoms in total. The Balaban J connectivity index is 1.57. The zero-order valence-electron chi connectivity index (χ0n) is 20.2. The molecular formula is C26H44O3Si. The van der Waals surface area contributed by atoms with Crippen molar-refractivity contribution >= 4 is 8.07 Å². The maximum absolute atomic E-state index is 11.9. The molecule has 0 radical (unpaired) electrons. The molecule has 170 valence electrons. The third-order valence-corrected chi connectivity index (χ3v) is 10.6. The first-order valence-corrected chi connectivity index (χ1v) is 15.9. The maximum Gasteiger partial charge on any atom is 0.167 e. The van der Waals surface area contributed by atoms with Gasteiger partial charge in [0.1, 0.15) is 13.7 Å². The summed E-state index contributed by atoms with van der Waals surface area (Å²) in [6, 6.07) is 0. The summed E-state index contributed by atoms with van der Waals surface area (Å²) in [5.74, 6) is 6.90. The van der Waals surface area contributed by atoms with Crippen molar-refractivity contribution in [3.05, 3.63) is 0 Å². The molecular weight excluding hydrogens is 388 g/mol. The van der Waals surface area contributed by atoms with Crippen LogP contribution in [0.3, 0.4) is 0 Å². The minimum absolute atomic E-state index is 0.0383. The first-order chi connectivity index (χ1) is 14.1. The number of hydrogen-bond donors (Lipinski definition) is 1. The number of ether oxygens (including phenoxy) is 2. The van der Waals surface area contributed by atoms with Crippen molar-refractivity contribution < 1.29 is 14.6 Å². The van der Waals surface area contributed by atoms with Gasteiger partial charge in [0.25, 0.3) is 0 Å². The monoisotopic (exact) mass is 432 g/mol. The molecule has 1 N–H and O–H groups in total. The second kappa shape index (κ2) is 7.91. The topological polar surface area (TPSA) is 38.7 Å². The van der Waals surface area contributed by atoms with Crippen molar-refractivity contribution in [2.75, 3.05) is 14.2 Å². The lowest BCUT2D eigenvalue weighted by molar-refractivity contribution is -0.250. The van der Waals surface area contributed by atoms with Crippen molar-refractivity contribution in [2.45, 2.75) is 102 Å². The summed E-state index contributed by atoms with van der Waals surface area (Å²) >= 11 is 0. The third-order valence-electron chi connectivity index (χ3n) is 9.73. The van der Waals surface area contributed by atoms with E-state index in [1.54, 1.807) is 0 Å². The van der Waals surface area contributed by atoms with E-state index in [2.05, 4.69) is 38.0 Å². The minimum Gasteiger partial charge on any atom is -0.377 e. The Hall–Kier alpha value is -0.343. The molecule has 0 aromatic heterocycles. The van der Waals surface area contributed by atoms with Crippen LogP contribution in [0.5, 0.6) is 0 Å². The van der Waals surface area contributed by atoms with E-state index in [4.69, 9.17) is 9.47 Å². The molecule has 0 heterocycles. The van der Waals surface area contributed by atoms with Crippen LogP contribution in [0, 0.1) is 46.5 Å². The van der Waals surface area contributed by atoms with Crippen LogP contribution >= 0.6 is 0 Å². The van der Waals surface area contributed by atoms with Gasteiger partial charge in [-0.2, -0.15) is 0 Å². The Kier molecular flexibility index (Phi) is 6.02. The summed E-state index contributed by atoms with van der Waals surface area (Å²) in [5, 5.41) is 11.9. The molecule has 4 fully saturated rings. The van der Waals surface area contributed by atoms with Crippen LogP contribution in [-0.2, 0) is 9.47 Å². The lowest BCUT2D eigenvalue weighted by atomic mass is 9.44. The molecule has 0 saturated heterocycles. The summed E-state index contributed by atoms with van der Waals surface area (Å²) in [5.41, 5.74) is 2.72. The Morgan fingerprint density at radius 1 is 0.867 bits per heavy atom. The van der Waals surface area contributed by atoms with E-state index in [0.29, 0.717) is 5.92 Å². The smallest absolute Gasteiger partial charge is 0.167 e. The van der Waals surface area contributed by atoms with Crippen molar-refractivity contribution in [1.29, 1.82) is 0 Å². The van der Waals surface area contributed by atoms with Crippen molar-refractivity contribution in [3.63, 3.8) is 0 Å². The van der Waals surface area contributed by atoms with Crippen LogP contribution in [-0.4, -0.2) is 38.8 Å². The number of hydrogen-bond acceptors (Lipinski definition) is 3.